The zero-order valence-corrected chi connectivity index (χ0v) is 20.8. The second-order valence-electron chi connectivity index (χ2n) is 8.67. The number of nitrogens with zero attached hydrogens (tertiary/aromatic N) is 3. The van der Waals surface area contributed by atoms with E-state index in [0.29, 0.717) is 6.61 Å². The van der Waals surface area contributed by atoms with Crippen molar-refractivity contribution in [3.8, 4) is 0 Å². The van der Waals surface area contributed by atoms with E-state index in [1.54, 1.807) is 0 Å². The second kappa shape index (κ2) is 12.0. The maximum absolute atomic E-state index is 12.6. The normalized spacial score (nSPS) is 14.9. The molecule has 0 spiro atoms. The molecule has 1 fully saturated rings. The van der Waals surface area contributed by atoms with Gasteiger partial charge in [-0.3, -0.25) is 15.0 Å². The van der Waals surface area contributed by atoms with Gasteiger partial charge < -0.3 is 20.2 Å². The Bertz CT molecular complexity index is 1090. The molecule has 0 saturated carbocycles. The molecule has 0 atom stereocenters. The van der Waals surface area contributed by atoms with E-state index in [0.717, 1.165) is 49.7 Å². The minimum atomic E-state index is -0.740. The fourth-order valence-corrected chi connectivity index (χ4v) is 3.76. The first-order valence-electron chi connectivity index (χ1n) is 11.3. The van der Waals surface area contributed by atoms with Crippen LogP contribution in [0.4, 0.5) is 16.2 Å². The van der Waals surface area contributed by atoms with Gasteiger partial charge in [-0.25, -0.2) is 4.79 Å². The molecule has 3 rings (SSSR count). The molecule has 0 bridgehead atoms. The molecule has 0 unspecified atom stereocenters. The summed E-state index contributed by atoms with van der Waals surface area (Å²) in [6.07, 6.45) is 0. The number of hydrogen-bond donors (Lipinski definition) is 2. The van der Waals surface area contributed by atoms with Gasteiger partial charge in [0.2, 0.25) is 0 Å². The number of nitro groups is 1. The van der Waals surface area contributed by atoms with E-state index in [1.807, 2.05) is 45.0 Å². The first-order chi connectivity index (χ1) is 16.7. The molecule has 1 aliphatic rings. The van der Waals surface area contributed by atoms with Crippen molar-refractivity contribution in [1.29, 1.82) is 0 Å². The quantitative estimate of drug-likeness (QED) is 0.227. The topological polar surface area (TPSA) is 118 Å². The van der Waals surface area contributed by atoms with Gasteiger partial charge in [0, 0.05) is 31.4 Å². The van der Waals surface area contributed by atoms with Crippen LogP contribution in [0.1, 0.15) is 31.9 Å². The molecule has 0 radical (unpaired) electrons. The molecule has 0 aliphatic carbocycles. The van der Waals surface area contributed by atoms with Gasteiger partial charge in [0.15, 0.2) is 0 Å². The third kappa shape index (κ3) is 7.64. The highest BCUT2D eigenvalue weighted by Crippen LogP contribution is 2.28. The van der Waals surface area contributed by atoms with Crippen molar-refractivity contribution < 1.29 is 19.3 Å². The van der Waals surface area contributed by atoms with Crippen molar-refractivity contribution >= 4 is 34.7 Å². The summed E-state index contributed by atoms with van der Waals surface area (Å²) in [4.78, 5) is 30.9. The van der Waals surface area contributed by atoms with Crippen LogP contribution in [0, 0.1) is 10.1 Å². The lowest BCUT2D eigenvalue weighted by Crippen LogP contribution is -2.43. The Balaban J connectivity index is 1.60. The molecule has 2 N–H and O–H groups in total. The van der Waals surface area contributed by atoms with Crippen molar-refractivity contribution in [3.05, 3.63) is 68.7 Å². The van der Waals surface area contributed by atoms with E-state index in [2.05, 4.69) is 20.7 Å². The number of carbonyl (C=O) groups is 1. The third-order valence-electron chi connectivity index (χ3n) is 5.63. The lowest BCUT2D eigenvalue weighted by molar-refractivity contribution is -0.384. The van der Waals surface area contributed by atoms with Gasteiger partial charge in [-0.1, -0.05) is 35.0 Å². The number of anilines is 1. The number of amides is 2. The smallest absolute Gasteiger partial charge is 0.319 e. The number of benzene rings is 2. The van der Waals surface area contributed by atoms with Gasteiger partial charge >= 0.3 is 6.03 Å². The van der Waals surface area contributed by atoms with E-state index in [9.17, 15) is 14.9 Å². The summed E-state index contributed by atoms with van der Waals surface area (Å²) < 4.78 is 5.34. The summed E-state index contributed by atoms with van der Waals surface area (Å²) in [7, 11) is 0. The maximum atomic E-state index is 12.6. The van der Waals surface area contributed by atoms with Gasteiger partial charge in [0.1, 0.15) is 11.6 Å². The van der Waals surface area contributed by atoms with Crippen LogP contribution in [0.2, 0.25) is 5.02 Å². The number of ether oxygens (including phenoxy) is 1. The SMILES string of the molecule is C/C(=N\OCCN1CCOCC1)c1cccc(C(C)(C)NC(=O)Nc2ccc(Cl)c([N+](=O)[O-])c2)c1. The highest BCUT2D eigenvalue weighted by molar-refractivity contribution is 6.32. The number of oxime groups is 1. The number of carbonyl (C=O) groups excluding carboxylic acids is 1. The number of morpholine rings is 1. The Morgan fingerprint density at radius 2 is 2.00 bits per heavy atom. The largest absolute Gasteiger partial charge is 0.394 e. The van der Waals surface area contributed by atoms with Crippen LogP contribution in [-0.4, -0.2) is 61.0 Å². The standard InChI is InChI=1S/C24H30ClN5O5/c1-17(28-35-14-11-29-9-12-34-13-10-29)18-5-4-6-19(15-18)24(2,3)27-23(31)26-20-7-8-21(25)22(16-20)30(32)33/h4-8,15-16H,9-14H2,1-3H3,(H2,26,27,31)/b28-17+. The van der Waals surface area contributed by atoms with Crippen LogP contribution in [-0.2, 0) is 15.1 Å². The van der Waals surface area contributed by atoms with Crippen LogP contribution in [0.5, 0.6) is 0 Å². The summed E-state index contributed by atoms with van der Waals surface area (Å²) in [5.41, 5.74) is 1.70. The average molecular weight is 504 g/mol. The van der Waals surface area contributed by atoms with Gasteiger partial charge in [-0.05, 0) is 50.1 Å². The highest BCUT2D eigenvalue weighted by atomic mass is 35.5. The number of hydrogen-bond acceptors (Lipinski definition) is 7. The monoisotopic (exact) mass is 503 g/mol. The van der Waals surface area contributed by atoms with E-state index in [4.69, 9.17) is 21.2 Å². The summed E-state index contributed by atoms with van der Waals surface area (Å²) in [6.45, 7) is 10.2. The number of nitro benzene ring substituents is 1. The third-order valence-corrected chi connectivity index (χ3v) is 5.95. The molecule has 2 aromatic carbocycles. The van der Waals surface area contributed by atoms with Gasteiger partial charge in [-0.2, -0.15) is 0 Å². The molecule has 2 aromatic rings. The summed E-state index contributed by atoms with van der Waals surface area (Å²) in [5.74, 6) is 0. The van der Waals surface area contributed by atoms with Crippen molar-refractivity contribution in [1.82, 2.24) is 10.2 Å². The molecule has 0 aromatic heterocycles. The first kappa shape index (κ1) is 26.4. The van der Waals surface area contributed by atoms with E-state index >= 15 is 0 Å². The van der Waals surface area contributed by atoms with Crippen LogP contribution >= 0.6 is 11.6 Å². The number of rotatable bonds is 9. The summed E-state index contributed by atoms with van der Waals surface area (Å²) in [5, 5.41) is 20.8. The van der Waals surface area contributed by atoms with Crippen molar-refractivity contribution in [2.75, 3.05) is 44.8 Å². The lowest BCUT2D eigenvalue weighted by Gasteiger charge is -2.27. The van der Waals surface area contributed by atoms with Crippen LogP contribution in [0.25, 0.3) is 0 Å². The molecule has 11 heteroatoms. The van der Waals surface area contributed by atoms with Crippen molar-refractivity contribution in [2.24, 2.45) is 5.16 Å². The molecule has 10 nitrogen and oxygen atoms in total. The van der Waals surface area contributed by atoms with Gasteiger partial charge in [0.25, 0.3) is 5.69 Å². The molecule has 1 aliphatic heterocycles. The molecular formula is C24H30ClN5O5. The summed E-state index contributed by atoms with van der Waals surface area (Å²) in [6, 6.07) is 11.2. The fourth-order valence-electron chi connectivity index (χ4n) is 3.57. The second-order valence-corrected chi connectivity index (χ2v) is 9.08. The van der Waals surface area contributed by atoms with Crippen molar-refractivity contribution in [3.63, 3.8) is 0 Å². The zero-order valence-electron chi connectivity index (χ0n) is 20.0. The minimum Gasteiger partial charge on any atom is -0.394 e. The van der Waals surface area contributed by atoms with Crippen molar-refractivity contribution in [2.45, 2.75) is 26.3 Å². The van der Waals surface area contributed by atoms with Gasteiger partial charge in [0.05, 0.1) is 29.4 Å². The number of nitrogens with one attached hydrogen (secondary N) is 2. The minimum absolute atomic E-state index is 0.000196. The Morgan fingerprint density at radius 1 is 1.26 bits per heavy atom. The van der Waals surface area contributed by atoms with Gasteiger partial charge in [-0.15, -0.1) is 0 Å². The van der Waals surface area contributed by atoms with Crippen LogP contribution in [0.15, 0.2) is 47.6 Å². The Kier molecular flexibility index (Phi) is 9.02. The van der Waals surface area contributed by atoms with Crippen LogP contribution in [0.3, 0.4) is 0 Å². The average Bonchev–Trinajstić information content (AvgIpc) is 2.83. The lowest BCUT2D eigenvalue weighted by atomic mass is 9.92. The molecule has 2 amide bonds. The molecule has 188 valence electrons. The van der Waals surface area contributed by atoms with E-state index in [1.165, 1.54) is 18.2 Å². The van der Waals surface area contributed by atoms with E-state index < -0.39 is 16.5 Å². The van der Waals surface area contributed by atoms with E-state index in [-0.39, 0.29) is 16.4 Å². The molecule has 1 heterocycles. The fraction of sp³-hybridized carbons (Fsp3) is 0.417. The number of halogens is 1. The van der Waals surface area contributed by atoms with Crippen LogP contribution < -0.4 is 10.6 Å². The maximum Gasteiger partial charge on any atom is 0.319 e. The first-order valence-corrected chi connectivity index (χ1v) is 11.6. The zero-order chi connectivity index (χ0) is 25.4. The summed E-state index contributed by atoms with van der Waals surface area (Å²) >= 11 is 5.83. The Labute approximate surface area is 209 Å². The molecule has 1 saturated heterocycles. The molecule has 35 heavy (non-hydrogen) atoms. The number of urea groups is 1. The Hall–Kier alpha value is -3.21. The Morgan fingerprint density at radius 3 is 2.71 bits per heavy atom. The predicted octanol–water partition coefficient (Wildman–Crippen LogP) is 4.38. The molecular weight excluding hydrogens is 474 g/mol. The predicted molar refractivity (Wildman–Crippen MR) is 135 cm³/mol. The highest BCUT2D eigenvalue weighted by Gasteiger charge is 2.24.